The number of piperazine rings is 1. The molecule has 0 unspecified atom stereocenters. The third kappa shape index (κ3) is 3.44. The Labute approximate surface area is 128 Å². The minimum absolute atomic E-state index is 0.00889. The molecular weight excluding hydrogens is 299 g/mol. The second kappa shape index (κ2) is 6.46. The number of carbonyl (C=O) groups is 2. The number of nitrogens with zero attached hydrogens (tertiary/aromatic N) is 2. The maximum absolute atomic E-state index is 12.3. The van der Waals surface area contributed by atoms with Crippen LogP contribution in [0.2, 0.25) is 0 Å². The van der Waals surface area contributed by atoms with E-state index in [1.165, 1.54) is 0 Å². The first kappa shape index (κ1) is 15.1. The number of alkyl halides is 2. The van der Waals surface area contributed by atoms with Gasteiger partial charge >= 0.3 is 0 Å². The molecule has 0 aliphatic carbocycles. The van der Waals surface area contributed by atoms with E-state index in [-0.39, 0.29) is 11.8 Å². The zero-order chi connectivity index (χ0) is 14.7. The van der Waals surface area contributed by atoms with Crippen molar-refractivity contribution in [2.24, 2.45) is 0 Å². The summed E-state index contributed by atoms with van der Waals surface area (Å²) in [6.07, 6.45) is 0. The van der Waals surface area contributed by atoms with Gasteiger partial charge in [-0.15, -0.1) is 0 Å². The standard InChI is InChI=1S/C14H16Cl2N2O2/c1-10-2-4-11(5-3-10)13(19)17-6-8-18(9-7-17)14(20)12(15)16/h2-5,12H,6-9H2,1H3. The molecule has 1 heterocycles. The van der Waals surface area contributed by atoms with Crippen molar-refractivity contribution in [1.82, 2.24) is 9.80 Å². The zero-order valence-corrected chi connectivity index (χ0v) is 12.7. The van der Waals surface area contributed by atoms with Gasteiger partial charge in [0.1, 0.15) is 0 Å². The molecule has 1 aromatic carbocycles. The molecule has 2 amide bonds. The van der Waals surface area contributed by atoms with Crippen LogP contribution in [0.5, 0.6) is 0 Å². The number of rotatable bonds is 2. The van der Waals surface area contributed by atoms with Gasteiger partial charge in [0.05, 0.1) is 0 Å². The second-order valence-corrected chi connectivity index (χ2v) is 5.88. The molecule has 6 heteroatoms. The molecule has 1 saturated heterocycles. The molecule has 0 aromatic heterocycles. The molecule has 108 valence electrons. The van der Waals surface area contributed by atoms with Crippen LogP contribution >= 0.6 is 23.2 Å². The van der Waals surface area contributed by atoms with Crippen LogP contribution in [-0.4, -0.2) is 52.6 Å². The average Bonchev–Trinajstić information content (AvgIpc) is 2.46. The van der Waals surface area contributed by atoms with Crippen LogP contribution in [0.25, 0.3) is 0 Å². The van der Waals surface area contributed by atoms with Crippen molar-refractivity contribution in [1.29, 1.82) is 0 Å². The minimum Gasteiger partial charge on any atom is -0.337 e. The number of carbonyl (C=O) groups excluding carboxylic acids is 2. The topological polar surface area (TPSA) is 40.6 Å². The second-order valence-electron chi connectivity index (χ2n) is 4.78. The molecule has 0 bridgehead atoms. The van der Waals surface area contributed by atoms with Crippen molar-refractivity contribution in [3.05, 3.63) is 35.4 Å². The smallest absolute Gasteiger partial charge is 0.255 e. The highest BCUT2D eigenvalue weighted by molar-refractivity contribution is 6.53. The van der Waals surface area contributed by atoms with Crippen LogP contribution < -0.4 is 0 Å². The van der Waals surface area contributed by atoms with Crippen LogP contribution in [0, 0.1) is 6.92 Å². The summed E-state index contributed by atoms with van der Waals surface area (Å²) in [7, 11) is 0. The first-order valence-electron chi connectivity index (χ1n) is 6.42. The van der Waals surface area contributed by atoms with Crippen molar-refractivity contribution in [2.45, 2.75) is 11.8 Å². The minimum atomic E-state index is -1.03. The highest BCUT2D eigenvalue weighted by Crippen LogP contribution is 2.13. The van der Waals surface area contributed by atoms with Gasteiger partial charge in [0.2, 0.25) is 0 Å². The maximum Gasteiger partial charge on any atom is 0.255 e. The van der Waals surface area contributed by atoms with E-state index >= 15 is 0 Å². The van der Waals surface area contributed by atoms with E-state index in [4.69, 9.17) is 23.2 Å². The van der Waals surface area contributed by atoms with E-state index in [9.17, 15) is 9.59 Å². The summed E-state index contributed by atoms with van der Waals surface area (Å²) in [5.41, 5.74) is 1.79. The fraction of sp³-hybridized carbons (Fsp3) is 0.429. The molecule has 1 aliphatic heterocycles. The number of hydrogen-bond donors (Lipinski definition) is 0. The van der Waals surface area contributed by atoms with Gasteiger partial charge < -0.3 is 9.80 Å². The molecule has 4 nitrogen and oxygen atoms in total. The van der Waals surface area contributed by atoms with Crippen LogP contribution in [0.1, 0.15) is 15.9 Å². The lowest BCUT2D eigenvalue weighted by Gasteiger charge is -2.35. The van der Waals surface area contributed by atoms with Crippen LogP contribution in [-0.2, 0) is 4.79 Å². The van der Waals surface area contributed by atoms with Crippen molar-refractivity contribution in [2.75, 3.05) is 26.2 Å². The first-order valence-corrected chi connectivity index (χ1v) is 7.29. The van der Waals surface area contributed by atoms with Gasteiger partial charge in [-0.05, 0) is 19.1 Å². The van der Waals surface area contributed by atoms with Crippen LogP contribution in [0.3, 0.4) is 0 Å². The number of amides is 2. The highest BCUT2D eigenvalue weighted by Gasteiger charge is 2.27. The first-order chi connectivity index (χ1) is 9.49. The molecular formula is C14H16Cl2N2O2. The fourth-order valence-corrected chi connectivity index (χ4v) is 2.42. The summed E-state index contributed by atoms with van der Waals surface area (Å²) in [6, 6.07) is 7.47. The molecule has 1 aliphatic rings. The van der Waals surface area contributed by atoms with Crippen LogP contribution in [0.15, 0.2) is 24.3 Å². The lowest BCUT2D eigenvalue weighted by Crippen LogP contribution is -2.51. The Morgan fingerprint density at radius 1 is 1.00 bits per heavy atom. The van der Waals surface area contributed by atoms with E-state index in [0.717, 1.165) is 5.56 Å². The summed E-state index contributed by atoms with van der Waals surface area (Å²) in [5, 5.41) is 0. The Morgan fingerprint density at radius 2 is 1.50 bits per heavy atom. The lowest BCUT2D eigenvalue weighted by molar-refractivity contribution is -0.130. The maximum atomic E-state index is 12.3. The summed E-state index contributed by atoms with van der Waals surface area (Å²) >= 11 is 11.1. The molecule has 0 radical (unpaired) electrons. The fourth-order valence-electron chi connectivity index (χ4n) is 2.15. The lowest BCUT2D eigenvalue weighted by atomic mass is 10.1. The average molecular weight is 315 g/mol. The Morgan fingerprint density at radius 3 is 2.00 bits per heavy atom. The molecule has 1 aromatic rings. The Bertz CT molecular complexity index is 494. The predicted molar refractivity (Wildman–Crippen MR) is 79.2 cm³/mol. The van der Waals surface area contributed by atoms with Gasteiger partial charge in [-0.2, -0.15) is 0 Å². The van der Waals surface area contributed by atoms with Gasteiger partial charge in [0.25, 0.3) is 11.8 Å². The third-order valence-corrected chi connectivity index (χ3v) is 3.74. The van der Waals surface area contributed by atoms with E-state index in [1.54, 1.807) is 9.80 Å². The zero-order valence-electron chi connectivity index (χ0n) is 11.2. The summed E-state index contributed by atoms with van der Waals surface area (Å²) < 4.78 is 0. The predicted octanol–water partition coefficient (Wildman–Crippen LogP) is 2.08. The van der Waals surface area contributed by atoms with Crippen molar-refractivity contribution in [3.8, 4) is 0 Å². The Kier molecular flexibility index (Phi) is 4.89. The van der Waals surface area contributed by atoms with Crippen molar-refractivity contribution in [3.63, 3.8) is 0 Å². The summed E-state index contributed by atoms with van der Waals surface area (Å²) in [4.78, 5) is 26.2. The number of hydrogen-bond acceptors (Lipinski definition) is 2. The SMILES string of the molecule is Cc1ccc(C(=O)N2CCN(C(=O)C(Cl)Cl)CC2)cc1. The monoisotopic (exact) mass is 314 g/mol. The van der Waals surface area contributed by atoms with Gasteiger partial charge in [-0.3, -0.25) is 9.59 Å². The van der Waals surface area contributed by atoms with Gasteiger partial charge in [0.15, 0.2) is 4.84 Å². The van der Waals surface area contributed by atoms with Crippen molar-refractivity contribution < 1.29 is 9.59 Å². The summed E-state index contributed by atoms with van der Waals surface area (Å²) in [6.45, 7) is 3.91. The Balaban J connectivity index is 1.95. The third-order valence-electron chi connectivity index (χ3n) is 3.36. The Hall–Kier alpha value is -1.26. The van der Waals surface area contributed by atoms with Crippen molar-refractivity contribution >= 4 is 35.0 Å². The number of benzene rings is 1. The quantitative estimate of drug-likeness (QED) is 0.784. The normalized spacial score (nSPS) is 15.6. The molecule has 20 heavy (non-hydrogen) atoms. The van der Waals surface area contributed by atoms with Gasteiger partial charge in [-0.25, -0.2) is 0 Å². The van der Waals surface area contributed by atoms with E-state index < -0.39 is 4.84 Å². The van der Waals surface area contributed by atoms with Gasteiger partial charge in [-0.1, -0.05) is 40.9 Å². The summed E-state index contributed by atoms with van der Waals surface area (Å²) in [5.74, 6) is -0.304. The molecule has 0 atom stereocenters. The molecule has 0 spiro atoms. The van der Waals surface area contributed by atoms with Gasteiger partial charge in [0, 0.05) is 31.7 Å². The molecule has 2 rings (SSSR count). The van der Waals surface area contributed by atoms with E-state index in [0.29, 0.717) is 31.7 Å². The van der Waals surface area contributed by atoms with E-state index in [2.05, 4.69) is 0 Å². The van der Waals surface area contributed by atoms with E-state index in [1.807, 2.05) is 31.2 Å². The highest BCUT2D eigenvalue weighted by atomic mass is 35.5. The largest absolute Gasteiger partial charge is 0.337 e. The molecule has 1 fully saturated rings. The molecule has 0 saturated carbocycles. The number of aryl methyl sites for hydroxylation is 1. The molecule has 0 N–H and O–H groups in total. The van der Waals surface area contributed by atoms with Crippen LogP contribution in [0.4, 0.5) is 0 Å². The number of halogens is 2.